The number of methoxy groups -OCH3 is 1. The van der Waals surface area contributed by atoms with Crippen LogP contribution in [0.15, 0.2) is 35.9 Å². The van der Waals surface area contributed by atoms with Crippen molar-refractivity contribution in [2.45, 2.75) is 4.90 Å². The molecule has 0 fully saturated rings. The smallest absolute Gasteiger partial charge is 0.231 e. The fourth-order valence-corrected chi connectivity index (χ4v) is 2.29. The maximum absolute atomic E-state index is 11.3. The lowest BCUT2D eigenvalue weighted by Gasteiger charge is -2.07. The molecule has 82 valence electrons. The van der Waals surface area contributed by atoms with Gasteiger partial charge in [0.1, 0.15) is 0 Å². The number of ether oxygens (including phenoxy) is 2. The zero-order chi connectivity index (χ0) is 11.5. The highest BCUT2D eigenvalue weighted by Crippen LogP contribution is 2.31. The number of rotatable bonds is 4. The van der Waals surface area contributed by atoms with Crippen molar-refractivity contribution in [1.29, 1.82) is 0 Å². The molecule has 0 amide bonds. The Balaban J connectivity index is 3.27. The molecule has 0 radical (unpaired) electrons. The third-order valence-electron chi connectivity index (χ3n) is 1.63. The number of hydrogen-bond donors (Lipinski definition) is 0. The van der Waals surface area contributed by atoms with E-state index in [1.165, 1.54) is 52.8 Å². The van der Waals surface area contributed by atoms with Crippen molar-refractivity contribution in [1.82, 2.24) is 0 Å². The van der Waals surface area contributed by atoms with E-state index in [1.807, 2.05) is 0 Å². The monoisotopic (exact) mass is 340 g/mol. The number of halogens is 1. The average molecular weight is 340 g/mol. The molecule has 0 spiro atoms. The summed E-state index contributed by atoms with van der Waals surface area (Å²) in [6, 6.07) is 4.38. The lowest BCUT2D eigenvalue weighted by atomic mass is 10.3. The molecule has 1 rings (SSSR count). The van der Waals surface area contributed by atoms with Gasteiger partial charge < -0.3 is 9.47 Å². The highest BCUT2D eigenvalue weighted by Gasteiger charge is 2.13. The predicted molar refractivity (Wildman–Crippen MR) is 65.0 cm³/mol. The van der Waals surface area contributed by atoms with E-state index >= 15 is 0 Å². The van der Waals surface area contributed by atoms with Gasteiger partial charge in [0.05, 0.1) is 39.5 Å². The summed E-state index contributed by atoms with van der Waals surface area (Å²) < 4.78 is 32.5. The molecule has 15 heavy (non-hydrogen) atoms. The van der Waals surface area contributed by atoms with Crippen molar-refractivity contribution >= 4 is 28.2 Å². The van der Waals surface area contributed by atoms with E-state index in [0.717, 1.165) is 0 Å². The highest BCUT2D eigenvalue weighted by molar-refractivity contribution is 14.2. The summed E-state index contributed by atoms with van der Waals surface area (Å²) in [7, 11) is -1.79. The van der Waals surface area contributed by atoms with Crippen LogP contribution < -0.4 is 9.47 Å². The topological polar surface area (TPSA) is 52.6 Å². The van der Waals surface area contributed by atoms with Gasteiger partial charge in [-0.25, -0.2) is 8.42 Å². The Kier molecular flexibility index (Phi) is 3.97. The molecule has 1 aromatic carbocycles. The second-order valence-corrected chi connectivity index (χ2v) is 7.36. The second kappa shape index (κ2) is 4.84. The first-order valence-corrected chi connectivity index (χ1v) is 7.92. The second-order valence-electron chi connectivity index (χ2n) is 2.54. The number of hydrogen-bond acceptors (Lipinski definition) is 4. The van der Waals surface area contributed by atoms with Gasteiger partial charge in [-0.3, -0.25) is 0 Å². The first-order chi connectivity index (χ1) is 6.99. The number of benzene rings is 1. The Morgan fingerprint density at radius 3 is 2.53 bits per heavy atom. The van der Waals surface area contributed by atoms with Gasteiger partial charge in [0, 0.05) is 6.07 Å². The van der Waals surface area contributed by atoms with Crippen LogP contribution in [-0.4, -0.2) is 15.5 Å². The van der Waals surface area contributed by atoms with Gasteiger partial charge in [-0.1, -0.05) is 6.58 Å². The van der Waals surface area contributed by atoms with E-state index in [1.54, 1.807) is 0 Å². The van der Waals surface area contributed by atoms with Gasteiger partial charge in [0.2, 0.25) is 7.01 Å². The summed E-state index contributed by atoms with van der Waals surface area (Å²) in [4.78, 5) is 0.167. The molecule has 0 saturated heterocycles. The van der Waals surface area contributed by atoms with Crippen molar-refractivity contribution in [3.8, 4) is 11.5 Å². The Hall–Kier alpha value is -0.760. The molecule has 0 N–H and O–H groups in total. The van der Waals surface area contributed by atoms with Crippen LogP contribution in [0.2, 0.25) is 0 Å². The van der Waals surface area contributed by atoms with Gasteiger partial charge in [-0.2, -0.15) is 0 Å². The van der Waals surface area contributed by atoms with Gasteiger partial charge in [-0.05, 0) is 12.1 Å². The van der Waals surface area contributed by atoms with E-state index in [2.05, 4.69) is 6.58 Å². The van der Waals surface area contributed by atoms with Gasteiger partial charge in [0.15, 0.2) is 11.5 Å². The molecular formula is C9H9IO4S. The molecule has 0 atom stereocenters. The summed E-state index contributed by atoms with van der Waals surface area (Å²) in [6.45, 7) is 3.39. The van der Waals surface area contributed by atoms with Gasteiger partial charge >= 0.3 is 0 Å². The maximum Gasteiger partial charge on any atom is 0.231 e. The molecule has 0 aliphatic carbocycles. The Morgan fingerprint density at radius 1 is 1.40 bits per heavy atom. The van der Waals surface area contributed by atoms with Crippen molar-refractivity contribution in [2.75, 3.05) is 7.11 Å². The zero-order valence-corrected chi connectivity index (χ0v) is 10.9. The Labute approximate surface area is 100 Å². The minimum absolute atomic E-state index is 0.167. The largest absolute Gasteiger partial charge is 0.493 e. The van der Waals surface area contributed by atoms with Crippen LogP contribution in [0.25, 0.3) is 0 Å². The maximum atomic E-state index is 11.3. The molecule has 0 bridgehead atoms. The summed E-state index contributed by atoms with van der Waals surface area (Å²) >= 11 is 1.36. The van der Waals surface area contributed by atoms with E-state index in [9.17, 15) is 8.42 Å². The van der Waals surface area contributed by atoms with E-state index in [0.29, 0.717) is 11.5 Å². The first kappa shape index (κ1) is 12.3. The van der Waals surface area contributed by atoms with Crippen LogP contribution in [0.4, 0.5) is 0 Å². The molecular weight excluding hydrogens is 331 g/mol. The summed E-state index contributed by atoms with van der Waals surface area (Å²) in [6.07, 6.45) is 1.21. The van der Waals surface area contributed by atoms with Crippen molar-refractivity contribution in [3.05, 3.63) is 31.0 Å². The zero-order valence-electron chi connectivity index (χ0n) is 7.94. The SMILES string of the molecule is C=COc1cc(S(=O)(=O)I)ccc1OC. The first-order valence-electron chi connectivity index (χ1n) is 3.89. The Morgan fingerprint density at radius 2 is 2.07 bits per heavy atom. The minimum Gasteiger partial charge on any atom is -0.493 e. The molecule has 0 aromatic heterocycles. The Bertz CT molecular complexity index is 467. The van der Waals surface area contributed by atoms with Crippen LogP contribution in [0.3, 0.4) is 0 Å². The van der Waals surface area contributed by atoms with E-state index in [-0.39, 0.29) is 4.90 Å². The van der Waals surface area contributed by atoms with E-state index in [4.69, 9.17) is 9.47 Å². The summed E-state index contributed by atoms with van der Waals surface area (Å²) in [5.41, 5.74) is 0. The highest BCUT2D eigenvalue weighted by atomic mass is 127. The van der Waals surface area contributed by atoms with Crippen molar-refractivity contribution in [3.63, 3.8) is 0 Å². The van der Waals surface area contributed by atoms with Gasteiger partial charge in [0.25, 0.3) is 0 Å². The fraction of sp³-hybridized carbons (Fsp3) is 0.111. The van der Waals surface area contributed by atoms with Crippen LogP contribution in [0.5, 0.6) is 11.5 Å². The van der Waals surface area contributed by atoms with Crippen molar-refractivity contribution in [2.24, 2.45) is 0 Å². The average Bonchev–Trinajstić information content (AvgIpc) is 2.17. The van der Waals surface area contributed by atoms with E-state index < -0.39 is 7.01 Å². The lowest BCUT2D eigenvalue weighted by molar-refractivity contribution is 0.377. The molecule has 0 heterocycles. The molecule has 0 aliphatic heterocycles. The standard InChI is InChI=1S/C9H9IO4S/c1-3-14-9-6-7(15(10,11)12)4-5-8(9)13-2/h3-6H,1H2,2H3. The quantitative estimate of drug-likeness (QED) is 0.480. The molecule has 0 unspecified atom stereocenters. The molecule has 4 nitrogen and oxygen atoms in total. The molecule has 1 aromatic rings. The fourth-order valence-electron chi connectivity index (χ4n) is 0.991. The predicted octanol–water partition coefficient (Wildman–Crippen LogP) is 2.34. The normalized spacial score (nSPS) is 10.8. The van der Waals surface area contributed by atoms with Crippen LogP contribution >= 0.6 is 21.2 Å². The van der Waals surface area contributed by atoms with Crippen molar-refractivity contribution < 1.29 is 17.9 Å². The summed E-state index contributed by atoms with van der Waals surface area (Å²) in [5, 5.41) is 0. The molecule has 0 aliphatic rings. The van der Waals surface area contributed by atoms with Crippen LogP contribution in [-0.2, 0) is 7.01 Å². The van der Waals surface area contributed by atoms with Gasteiger partial charge in [-0.15, -0.1) is 0 Å². The molecule has 6 heteroatoms. The third kappa shape index (κ3) is 3.10. The minimum atomic E-state index is -3.27. The van der Waals surface area contributed by atoms with Crippen LogP contribution in [0.1, 0.15) is 0 Å². The lowest BCUT2D eigenvalue weighted by Crippen LogP contribution is -1.94. The van der Waals surface area contributed by atoms with Crippen LogP contribution in [0, 0.1) is 0 Å². The molecule has 0 saturated carbocycles. The third-order valence-corrected chi connectivity index (χ3v) is 3.97. The summed E-state index contributed by atoms with van der Waals surface area (Å²) in [5.74, 6) is 0.781.